The summed E-state index contributed by atoms with van der Waals surface area (Å²) in [5.74, 6) is -4.13. The number of allylic oxidation sites excluding steroid dienone is 5. The van der Waals surface area contributed by atoms with E-state index in [9.17, 15) is 14.7 Å². The van der Waals surface area contributed by atoms with Gasteiger partial charge in [0, 0.05) is 28.8 Å². The molecule has 5 aromatic rings. The van der Waals surface area contributed by atoms with Crippen molar-refractivity contribution in [2.24, 2.45) is 29.6 Å². The first-order chi connectivity index (χ1) is 28.7. The maximum absolute atomic E-state index is 15.2. The lowest BCUT2D eigenvalue weighted by Gasteiger charge is -2.54. The zero-order chi connectivity index (χ0) is 40.8. The molecule has 0 bridgehead atoms. The van der Waals surface area contributed by atoms with E-state index in [1.807, 2.05) is 121 Å². The fraction of sp³-hybridized carbons (Fsp3) is 0.200. The number of ether oxygens (including phenoxy) is 2. The summed E-state index contributed by atoms with van der Waals surface area (Å²) in [6.45, 7) is 0. The molecule has 2 N–H and O–H groups in total. The van der Waals surface area contributed by atoms with E-state index in [4.69, 9.17) is 9.47 Å². The second kappa shape index (κ2) is 15.1. The van der Waals surface area contributed by atoms with E-state index in [1.54, 1.807) is 24.3 Å². The van der Waals surface area contributed by atoms with Crippen LogP contribution in [0.3, 0.4) is 0 Å². The summed E-state index contributed by atoms with van der Waals surface area (Å²) in [6.07, 6.45) is 7.83. The molecule has 0 radical (unpaired) electrons. The van der Waals surface area contributed by atoms with Crippen LogP contribution in [0, 0.1) is 29.6 Å². The van der Waals surface area contributed by atoms with Gasteiger partial charge in [-0.3, -0.25) is 24.1 Å². The molecule has 294 valence electrons. The molecule has 9 nitrogen and oxygen atoms in total. The Labute approximate surface area is 342 Å². The number of rotatable bonds is 9. The van der Waals surface area contributed by atoms with Gasteiger partial charge in [-0.15, -0.1) is 0 Å². The van der Waals surface area contributed by atoms with E-state index in [2.05, 4.69) is 5.32 Å². The van der Waals surface area contributed by atoms with Crippen molar-refractivity contribution in [1.29, 1.82) is 0 Å². The predicted molar refractivity (Wildman–Crippen MR) is 226 cm³/mol. The highest BCUT2D eigenvalue weighted by atomic mass is 16.5. The summed E-state index contributed by atoms with van der Waals surface area (Å²) < 4.78 is 10.9. The zero-order valence-electron chi connectivity index (χ0n) is 32.6. The molecule has 1 saturated carbocycles. The van der Waals surface area contributed by atoms with Crippen molar-refractivity contribution in [3.63, 3.8) is 0 Å². The molecular weight excluding hydrogens is 741 g/mol. The molecule has 1 heterocycles. The number of carbonyl (C=O) groups excluding carboxylic acids is 4. The van der Waals surface area contributed by atoms with E-state index < -0.39 is 35.0 Å². The molecule has 2 fully saturated rings. The number of aromatic hydroxyl groups is 1. The Balaban J connectivity index is 1.17. The number of benzene rings is 5. The maximum atomic E-state index is 15.2. The average molecular weight is 783 g/mol. The summed E-state index contributed by atoms with van der Waals surface area (Å²) in [5, 5.41) is 14.0. The number of hydrogen-bond acceptors (Lipinski definition) is 8. The van der Waals surface area contributed by atoms with E-state index >= 15 is 9.59 Å². The first kappa shape index (κ1) is 37.6. The number of phenolic OH excluding ortho intramolecular Hbond substituents is 1. The number of imide groups is 1. The number of nitrogens with zero attached hydrogens (tertiary/aromatic N) is 1. The van der Waals surface area contributed by atoms with Gasteiger partial charge < -0.3 is 19.9 Å². The van der Waals surface area contributed by atoms with E-state index in [0.717, 1.165) is 16.9 Å². The minimum absolute atomic E-state index is 0.144. The second-order valence-corrected chi connectivity index (χ2v) is 15.5. The average Bonchev–Trinajstić information content (AvgIpc) is 3.53. The highest BCUT2D eigenvalue weighted by molar-refractivity contribution is 6.31. The number of carbonyl (C=O) groups is 4. The van der Waals surface area contributed by atoms with Gasteiger partial charge in [-0.25, -0.2) is 0 Å². The Morgan fingerprint density at radius 3 is 2.00 bits per heavy atom. The summed E-state index contributed by atoms with van der Waals surface area (Å²) in [4.78, 5) is 60.9. The van der Waals surface area contributed by atoms with Crippen molar-refractivity contribution in [2.75, 3.05) is 24.4 Å². The minimum atomic E-state index is -1.36. The molecule has 6 atom stereocenters. The summed E-state index contributed by atoms with van der Waals surface area (Å²) in [7, 11) is 2.90. The van der Waals surface area contributed by atoms with Gasteiger partial charge in [-0.05, 0) is 90.1 Å². The normalized spacial score (nSPS) is 24.8. The number of Topliss-reactive ketones (excluding diaryl/α,β-unsaturated/α-hetero) is 1. The van der Waals surface area contributed by atoms with Crippen LogP contribution in [0.2, 0.25) is 0 Å². The third kappa shape index (κ3) is 6.16. The van der Waals surface area contributed by atoms with Crippen LogP contribution in [0.25, 0.3) is 11.6 Å². The lowest BCUT2D eigenvalue weighted by Crippen LogP contribution is -2.59. The van der Waals surface area contributed by atoms with Gasteiger partial charge in [-0.1, -0.05) is 103 Å². The number of hydrogen-bond donors (Lipinski definition) is 2. The largest absolute Gasteiger partial charge is 0.502 e. The molecule has 9 rings (SSSR count). The molecule has 0 aromatic heterocycles. The third-order valence-electron chi connectivity index (χ3n) is 12.6. The molecule has 0 spiro atoms. The number of phenols is 1. The van der Waals surface area contributed by atoms with Crippen LogP contribution >= 0.6 is 0 Å². The molecule has 1 saturated heterocycles. The SMILES string of the molecule is COc1cc(C=C[C@H]2C3=CC[C@@H]4C(=O)N(c5ccc(Nc6ccccc6)cc5)C(=O)[C@@H]4[C@@H]3C[C@H]3C(=O)C(c4ccccc4)=CC(=O)[C@@]23c2ccccc2)cc(OC)c1O. The van der Waals surface area contributed by atoms with Crippen molar-refractivity contribution in [1.82, 2.24) is 0 Å². The number of ketones is 2. The van der Waals surface area contributed by atoms with Crippen LogP contribution in [0.4, 0.5) is 17.1 Å². The number of para-hydroxylation sites is 1. The van der Waals surface area contributed by atoms with Gasteiger partial charge in [0.15, 0.2) is 23.1 Å². The molecule has 3 aliphatic carbocycles. The van der Waals surface area contributed by atoms with Crippen molar-refractivity contribution in [3.8, 4) is 17.2 Å². The first-order valence-electron chi connectivity index (χ1n) is 19.8. The molecule has 0 unspecified atom stereocenters. The van der Waals surface area contributed by atoms with Crippen molar-refractivity contribution in [3.05, 3.63) is 168 Å². The van der Waals surface area contributed by atoms with E-state index in [0.29, 0.717) is 34.4 Å². The monoisotopic (exact) mass is 782 g/mol. The number of nitrogens with one attached hydrogen (secondary N) is 1. The lowest BCUT2D eigenvalue weighted by molar-refractivity contribution is -0.135. The molecule has 9 heteroatoms. The fourth-order valence-corrected chi connectivity index (χ4v) is 9.98. The molecule has 4 aliphatic rings. The van der Waals surface area contributed by atoms with Gasteiger partial charge >= 0.3 is 0 Å². The Morgan fingerprint density at radius 2 is 1.36 bits per heavy atom. The first-order valence-corrected chi connectivity index (χ1v) is 19.8. The topological polar surface area (TPSA) is 122 Å². The smallest absolute Gasteiger partial charge is 0.238 e. The standard InChI is InChI=1S/C50H42N2O7/c1-58-42-26-30(27-43(59-2)47(42)55)18-25-40-36-23-24-37-45(49(57)52(48(37)56)35-21-19-34(20-22-35)51-33-16-10-5-11-17-33)39(36)28-41-46(54)38(31-12-6-3-7-13-31)29-44(53)50(40,41)32-14-8-4-9-15-32/h3-23,25-27,29,37,39-41,45,51,55H,24,28H2,1-2H3/t37-,39+,40-,41-,45-,50-/m0/s1. The Hall–Kier alpha value is -7.00. The minimum Gasteiger partial charge on any atom is -0.502 e. The molecule has 2 amide bonds. The van der Waals surface area contributed by atoms with Crippen molar-refractivity contribution in [2.45, 2.75) is 18.3 Å². The van der Waals surface area contributed by atoms with Gasteiger partial charge in [0.1, 0.15) is 0 Å². The molecule has 1 aliphatic heterocycles. The van der Waals surface area contributed by atoms with Gasteiger partial charge in [0.05, 0.1) is 37.2 Å². The highest BCUT2D eigenvalue weighted by Crippen LogP contribution is 2.61. The predicted octanol–water partition coefficient (Wildman–Crippen LogP) is 8.73. The third-order valence-corrected chi connectivity index (χ3v) is 12.6. The van der Waals surface area contributed by atoms with Gasteiger partial charge in [0.2, 0.25) is 17.6 Å². The fourth-order valence-electron chi connectivity index (χ4n) is 9.98. The zero-order valence-corrected chi connectivity index (χ0v) is 32.6. The van der Waals surface area contributed by atoms with Gasteiger partial charge in [0.25, 0.3) is 0 Å². The summed E-state index contributed by atoms with van der Waals surface area (Å²) >= 11 is 0. The number of amides is 2. The number of fused-ring (bicyclic) bond motifs is 4. The van der Waals surface area contributed by atoms with Crippen LogP contribution < -0.4 is 19.7 Å². The Morgan fingerprint density at radius 1 is 0.746 bits per heavy atom. The van der Waals surface area contributed by atoms with E-state index in [-0.39, 0.29) is 47.1 Å². The summed E-state index contributed by atoms with van der Waals surface area (Å²) in [5.41, 5.74) is 4.01. The van der Waals surface area contributed by atoms with Crippen LogP contribution in [0.15, 0.2) is 151 Å². The lowest BCUT2D eigenvalue weighted by atomic mass is 9.45. The number of anilines is 3. The summed E-state index contributed by atoms with van der Waals surface area (Å²) in [6, 6.07) is 39.0. The maximum Gasteiger partial charge on any atom is 0.238 e. The van der Waals surface area contributed by atoms with Crippen LogP contribution in [0.5, 0.6) is 17.2 Å². The van der Waals surface area contributed by atoms with E-state index in [1.165, 1.54) is 25.2 Å². The van der Waals surface area contributed by atoms with Crippen molar-refractivity contribution >= 4 is 52.1 Å². The van der Waals surface area contributed by atoms with Crippen LogP contribution in [0.1, 0.15) is 29.5 Å². The molecular formula is C50H42N2O7. The molecule has 5 aromatic carbocycles. The quantitative estimate of drug-likeness (QED) is 0.113. The number of methoxy groups -OCH3 is 2. The Bertz CT molecular complexity index is 2540. The highest BCUT2D eigenvalue weighted by Gasteiger charge is 2.65. The van der Waals surface area contributed by atoms with Crippen LogP contribution in [-0.2, 0) is 24.6 Å². The second-order valence-electron chi connectivity index (χ2n) is 15.5. The van der Waals surface area contributed by atoms with Crippen LogP contribution in [-0.4, -0.2) is 42.7 Å². The van der Waals surface area contributed by atoms with Gasteiger partial charge in [-0.2, -0.15) is 0 Å². The molecule has 59 heavy (non-hydrogen) atoms. The van der Waals surface area contributed by atoms with Crippen molar-refractivity contribution < 1.29 is 33.8 Å². The Kier molecular flexibility index (Phi) is 9.59.